The fourth-order valence-electron chi connectivity index (χ4n) is 1.35. The fourth-order valence-corrected chi connectivity index (χ4v) is 2.64. The summed E-state index contributed by atoms with van der Waals surface area (Å²) in [6, 6.07) is 7.23. The summed E-state index contributed by atoms with van der Waals surface area (Å²) in [5.41, 5.74) is 1.05. The number of alkyl halides is 1. The number of hydrogen-bond donors (Lipinski definition) is 1. The molecule has 1 aromatic carbocycles. The van der Waals surface area contributed by atoms with Crippen molar-refractivity contribution < 1.29 is 8.42 Å². The molecule has 1 aromatic rings. The van der Waals surface area contributed by atoms with Crippen molar-refractivity contribution in [2.45, 2.75) is 19.4 Å². The lowest BCUT2D eigenvalue weighted by atomic mass is 10.1. The van der Waals surface area contributed by atoms with Gasteiger partial charge in [-0.05, 0) is 31.0 Å². The monoisotopic (exact) mass is 325 g/mol. The minimum atomic E-state index is -3.21. The molecule has 0 spiro atoms. The van der Waals surface area contributed by atoms with Crippen LogP contribution in [0.3, 0.4) is 0 Å². The lowest BCUT2D eigenvalue weighted by Crippen LogP contribution is -2.34. The molecule has 6 heteroatoms. The van der Waals surface area contributed by atoms with Crippen LogP contribution in [-0.2, 0) is 16.4 Å². The summed E-state index contributed by atoms with van der Waals surface area (Å²) in [5.74, 6) is 0. The molecule has 1 atom stereocenters. The number of halogens is 2. The van der Waals surface area contributed by atoms with Crippen LogP contribution in [-0.4, -0.2) is 19.1 Å². The zero-order valence-electron chi connectivity index (χ0n) is 8.78. The Balaban J connectivity index is 2.58. The van der Waals surface area contributed by atoms with Crippen molar-refractivity contribution >= 4 is 37.6 Å². The standard InChI is InChI=1S/C10H13BrClNO2S/c1-8(13-16(14,15)7-11)6-9-2-4-10(12)5-3-9/h2-5,8,13H,6-7H2,1H3. The van der Waals surface area contributed by atoms with Gasteiger partial charge in [0.05, 0.1) is 0 Å². The Hall–Kier alpha value is -0.100. The summed E-state index contributed by atoms with van der Waals surface area (Å²) in [6.07, 6.45) is 0.642. The Bertz CT molecular complexity index is 433. The Morgan fingerprint density at radius 2 is 1.94 bits per heavy atom. The molecule has 3 nitrogen and oxygen atoms in total. The van der Waals surface area contributed by atoms with Crippen molar-refractivity contribution in [3.8, 4) is 0 Å². The molecule has 0 amide bonds. The quantitative estimate of drug-likeness (QED) is 0.845. The van der Waals surface area contributed by atoms with Gasteiger partial charge in [0.15, 0.2) is 0 Å². The van der Waals surface area contributed by atoms with Crippen LogP contribution in [0.2, 0.25) is 5.02 Å². The van der Waals surface area contributed by atoms with Crippen molar-refractivity contribution in [2.75, 3.05) is 4.66 Å². The highest BCUT2D eigenvalue weighted by Gasteiger charge is 2.12. The Morgan fingerprint density at radius 3 is 2.44 bits per heavy atom. The zero-order chi connectivity index (χ0) is 12.2. The molecule has 0 aliphatic heterocycles. The average Bonchev–Trinajstić information content (AvgIpc) is 2.21. The van der Waals surface area contributed by atoms with Gasteiger partial charge in [-0.15, -0.1) is 0 Å². The van der Waals surface area contributed by atoms with Gasteiger partial charge in [0.1, 0.15) is 4.66 Å². The lowest BCUT2D eigenvalue weighted by molar-refractivity contribution is 0.565. The fraction of sp³-hybridized carbons (Fsp3) is 0.400. The largest absolute Gasteiger partial charge is 0.221 e. The van der Waals surface area contributed by atoms with Crippen molar-refractivity contribution in [2.24, 2.45) is 0 Å². The Morgan fingerprint density at radius 1 is 1.38 bits per heavy atom. The van der Waals surface area contributed by atoms with E-state index in [1.807, 2.05) is 19.1 Å². The van der Waals surface area contributed by atoms with Crippen LogP contribution in [0.4, 0.5) is 0 Å². The van der Waals surface area contributed by atoms with Gasteiger partial charge >= 0.3 is 0 Å². The van der Waals surface area contributed by atoms with Gasteiger partial charge in [0.25, 0.3) is 0 Å². The minimum Gasteiger partial charge on any atom is -0.212 e. The molecule has 0 saturated carbocycles. The molecule has 16 heavy (non-hydrogen) atoms. The molecular weight excluding hydrogens is 314 g/mol. The van der Waals surface area contributed by atoms with Crippen LogP contribution in [0.5, 0.6) is 0 Å². The van der Waals surface area contributed by atoms with E-state index in [4.69, 9.17) is 11.6 Å². The molecule has 0 saturated heterocycles. The van der Waals surface area contributed by atoms with Crippen LogP contribution in [0.25, 0.3) is 0 Å². The highest BCUT2D eigenvalue weighted by molar-refractivity contribution is 9.10. The maximum atomic E-state index is 11.3. The van der Waals surface area contributed by atoms with E-state index in [9.17, 15) is 8.42 Å². The van der Waals surface area contributed by atoms with E-state index in [-0.39, 0.29) is 10.7 Å². The molecule has 0 fully saturated rings. The molecule has 0 heterocycles. The second-order valence-electron chi connectivity index (χ2n) is 3.57. The molecule has 0 aliphatic rings. The van der Waals surface area contributed by atoms with Crippen molar-refractivity contribution in [1.29, 1.82) is 0 Å². The van der Waals surface area contributed by atoms with Gasteiger partial charge in [-0.1, -0.05) is 39.7 Å². The predicted octanol–water partition coefficient (Wildman–Crippen LogP) is 2.54. The van der Waals surface area contributed by atoms with Gasteiger partial charge in [-0.3, -0.25) is 0 Å². The maximum absolute atomic E-state index is 11.3. The maximum Gasteiger partial charge on any atom is 0.221 e. The first-order valence-electron chi connectivity index (χ1n) is 4.73. The molecule has 1 unspecified atom stereocenters. The van der Waals surface area contributed by atoms with Gasteiger partial charge in [-0.2, -0.15) is 0 Å². The zero-order valence-corrected chi connectivity index (χ0v) is 11.9. The van der Waals surface area contributed by atoms with Gasteiger partial charge < -0.3 is 0 Å². The molecule has 0 aromatic heterocycles. The topological polar surface area (TPSA) is 46.2 Å². The van der Waals surface area contributed by atoms with Crippen molar-refractivity contribution in [3.05, 3.63) is 34.9 Å². The number of hydrogen-bond acceptors (Lipinski definition) is 2. The first-order chi connectivity index (χ1) is 7.43. The second kappa shape index (κ2) is 6.00. The van der Waals surface area contributed by atoms with Crippen LogP contribution in [0, 0.1) is 0 Å². The molecule has 0 radical (unpaired) electrons. The summed E-state index contributed by atoms with van der Waals surface area (Å²) in [6.45, 7) is 1.83. The smallest absolute Gasteiger partial charge is 0.212 e. The summed E-state index contributed by atoms with van der Waals surface area (Å²) < 4.78 is 25.0. The molecule has 1 N–H and O–H groups in total. The molecular formula is C10H13BrClNO2S. The highest BCUT2D eigenvalue weighted by Crippen LogP contribution is 2.11. The van der Waals surface area contributed by atoms with Crippen molar-refractivity contribution in [3.63, 3.8) is 0 Å². The van der Waals surface area contributed by atoms with Crippen LogP contribution >= 0.6 is 27.5 Å². The van der Waals surface area contributed by atoms with Gasteiger partial charge in [0.2, 0.25) is 10.0 Å². The van der Waals surface area contributed by atoms with E-state index in [1.54, 1.807) is 12.1 Å². The van der Waals surface area contributed by atoms with E-state index in [1.165, 1.54) is 0 Å². The van der Waals surface area contributed by atoms with E-state index in [0.29, 0.717) is 11.4 Å². The Labute approximate surface area is 109 Å². The Kier molecular flexibility index (Phi) is 5.24. The van der Waals surface area contributed by atoms with Crippen molar-refractivity contribution in [1.82, 2.24) is 4.72 Å². The number of nitrogens with one attached hydrogen (secondary N) is 1. The van der Waals surface area contributed by atoms with Gasteiger partial charge in [0, 0.05) is 11.1 Å². The van der Waals surface area contributed by atoms with E-state index >= 15 is 0 Å². The van der Waals surface area contributed by atoms with Crippen LogP contribution in [0.1, 0.15) is 12.5 Å². The average molecular weight is 327 g/mol. The third-order valence-electron chi connectivity index (χ3n) is 1.98. The van der Waals surface area contributed by atoms with Crippen LogP contribution < -0.4 is 4.72 Å². The summed E-state index contributed by atoms with van der Waals surface area (Å²) >= 11 is 8.69. The minimum absolute atomic E-state index is 0.0784. The number of sulfonamides is 1. The number of benzene rings is 1. The second-order valence-corrected chi connectivity index (χ2v) is 7.07. The van der Waals surface area contributed by atoms with Gasteiger partial charge in [-0.25, -0.2) is 13.1 Å². The van der Waals surface area contributed by atoms with E-state index < -0.39 is 10.0 Å². The SMILES string of the molecule is CC(Cc1ccc(Cl)cc1)NS(=O)(=O)CBr. The third kappa shape index (κ3) is 4.82. The lowest BCUT2D eigenvalue weighted by Gasteiger charge is -2.12. The molecule has 90 valence electrons. The highest BCUT2D eigenvalue weighted by atomic mass is 79.9. The van der Waals surface area contributed by atoms with Crippen LogP contribution in [0.15, 0.2) is 24.3 Å². The van der Waals surface area contributed by atoms with E-state index in [0.717, 1.165) is 5.56 Å². The first-order valence-corrected chi connectivity index (χ1v) is 7.88. The summed E-state index contributed by atoms with van der Waals surface area (Å²) in [7, 11) is -3.21. The summed E-state index contributed by atoms with van der Waals surface area (Å²) in [5, 5.41) is 0.678. The molecule has 0 aliphatic carbocycles. The number of rotatable bonds is 5. The normalized spacial score (nSPS) is 13.7. The predicted molar refractivity (Wildman–Crippen MR) is 70.5 cm³/mol. The first kappa shape index (κ1) is 14.0. The molecule has 0 bridgehead atoms. The third-order valence-corrected chi connectivity index (χ3v) is 5.09. The summed E-state index contributed by atoms with van der Waals surface area (Å²) in [4.78, 5) is 0. The van der Waals surface area contributed by atoms with E-state index in [2.05, 4.69) is 20.7 Å². The molecule has 1 rings (SSSR count).